The molecule has 2 heteroatoms. The van der Waals surface area contributed by atoms with Crippen molar-refractivity contribution in [2.45, 2.75) is 31.5 Å². The van der Waals surface area contributed by atoms with Gasteiger partial charge in [0, 0.05) is 17.0 Å². The zero-order valence-corrected chi connectivity index (χ0v) is 18.3. The maximum absolute atomic E-state index is 11.3. The number of aliphatic hydroxyl groups is 1. The highest BCUT2D eigenvalue weighted by molar-refractivity contribution is 5.78. The van der Waals surface area contributed by atoms with Gasteiger partial charge in [-0.15, -0.1) is 0 Å². The summed E-state index contributed by atoms with van der Waals surface area (Å²) in [6.07, 6.45) is 0.378. The van der Waals surface area contributed by atoms with E-state index in [-0.39, 0.29) is 12.0 Å². The van der Waals surface area contributed by atoms with Crippen LogP contribution in [0.15, 0.2) is 109 Å². The lowest BCUT2D eigenvalue weighted by molar-refractivity contribution is -0.930. The Morgan fingerprint density at radius 3 is 1.53 bits per heavy atom. The summed E-state index contributed by atoms with van der Waals surface area (Å²) >= 11 is 0. The van der Waals surface area contributed by atoms with E-state index in [1.165, 1.54) is 38.3 Å². The van der Waals surface area contributed by atoms with Crippen LogP contribution in [0.1, 0.15) is 34.6 Å². The highest BCUT2D eigenvalue weighted by Crippen LogP contribution is 2.46. The van der Waals surface area contributed by atoms with Gasteiger partial charge in [-0.25, -0.2) is 0 Å². The second kappa shape index (κ2) is 9.52. The van der Waals surface area contributed by atoms with Crippen LogP contribution in [0.2, 0.25) is 0 Å². The fourth-order valence-electron chi connectivity index (χ4n) is 5.18. The number of fused-ring (bicyclic) bond motifs is 3. The summed E-state index contributed by atoms with van der Waals surface area (Å²) in [6.45, 7) is 2.54. The van der Waals surface area contributed by atoms with Gasteiger partial charge in [0.25, 0.3) is 0 Å². The number of nitrogens with one attached hydrogen (secondary N) is 1. The third-order valence-electron chi connectivity index (χ3n) is 6.59. The van der Waals surface area contributed by atoms with Gasteiger partial charge in [0.15, 0.2) is 0 Å². The predicted molar refractivity (Wildman–Crippen MR) is 130 cm³/mol. The van der Waals surface area contributed by atoms with Gasteiger partial charge in [0.2, 0.25) is 0 Å². The fourth-order valence-corrected chi connectivity index (χ4v) is 5.18. The van der Waals surface area contributed by atoms with Gasteiger partial charge in [0.05, 0.1) is 0 Å². The van der Waals surface area contributed by atoms with Crippen molar-refractivity contribution in [3.63, 3.8) is 0 Å². The molecule has 0 radical (unpaired) electrons. The van der Waals surface area contributed by atoms with Crippen LogP contribution in [0.25, 0.3) is 11.1 Å². The normalized spacial score (nSPS) is 13.7. The quantitative estimate of drug-likeness (QED) is 0.419. The number of benzene rings is 4. The molecule has 0 amide bonds. The minimum absolute atomic E-state index is 0.257. The summed E-state index contributed by atoms with van der Waals surface area (Å²) in [5, 5.41) is 11.3. The molecule has 1 atom stereocenters. The average molecular weight is 421 g/mol. The van der Waals surface area contributed by atoms with E-state index in [4.69, 9.17) is 0 Å². The molecule has 0 aromatic heterocycles. The SMILES string of the molecule is OC(CC1c2ccccc2-c2ccccc21)C[NH+](Cc1ccccc1)Cc1ccccc1. The first-order valence-electron chi connectivity index (χ1n) is 11.6. The number of aliphatic hydroxyl groups excluding tert-OH is 1. The van der Waals surface area contributed by atoms with Crippen molar-refractivity contribution >= 4 is 0 Å². The van der Waals surface area contributed by atoms with Crippen molar-refractivity contribution < 1.29 is 10.0 Å². The van der Waals surface area contributed by atoms with E-state index >= 15 is 0 Å². The van der Waals surface area contributed by atoms with E-state index in [1.807, 2.05) is 0 Å². The van der Waals surface area contributed by atoms with Gasteiger partial charge in [-0.1, -0.05) is 109 Å². The van der Waals surface area contributed by atoms with Crippen molar-refractivity contribution in [2.75, 3.05) is 6.54 Å². The number of hydrogen-bond acceptors (Lipinski definition) is 1. The smallest absolute Gasteiger partial charge is 0.104 e. The van der Waals surface area contributed by atoms with Gasteiger partial charge in [0.1, 0.15) is 25.7 Å². The zero-order chi connectivity index (χ0) is 21.8. The predicted octanol–water partition coefficient (Wildman–Crippen LogP) is 4.84. The van der Waals surface area contributed by atoms with Gasteiger partial charge in [-0.05, 0) is 28.7 Å². The van der Waals surface area contributed by atoms with E-state index in [1.54, 1.807) is 0 Å². The second-order valence-corrected chi connectivity index (χ2v) is 8.90. The maximum atomic E-state index is 11.3. The van der Waals surface area contributed by atoms with Crippen molar-refractivity contribution in [1.29, 1.82) is 0 Å². The summed E-state index contributed by atoms with van der Waals surface area (Å²) in [6, 6.07) is 38.6. The molecule has 1 aliphatic carbocycles. The van der Waals surface area contributed by atoms with Crippen LogP contribution < -0.4 is 4.90 Å². The molecule has 5 rings (SSSR count). The first kappa shape index (κ1) is 20.7. The number of hydrogen-bond donors (Lipinski definition) is 2. The Labute approximate surface area is 190 Å². The molecule has 32 heavy (non-hydrogen) atoms. The van der Waals surface area contributed by atoms with E-state index in [9.17, 15) is 5.11 Å². The van der Waals surface area contributed by atoms with Gasteiger partial charge >= 0.3 is 0 Å². The topological polar surface area (TPSA) is 24.7 Å². The monoisotopic (exact) mass is 420 g/mol. The van der Waals surface area contributed by atoms with Crippen LogP contribution in [0.4, 0.5) is 0 Å². The summed E-state index contributed by atoms with van der Waals surface area (Å²) in [5.74, 6) is 0.257. The molecule has 2 nitrogen and oxygen atoms in total. The van der Waals surface area contributed by atoms with Crippen molar-refractivity contribution in [1.82, 2.24) is 0 Å². The lowest BCUT2D eigenvalue weighted by Crippen LogP contribution is -3.10. The highest BCUT2D eigenvalue weighted by atomic mass is 16.3. The summed E-state index contributed by atoms with van der Waals surface area (Å²) in [5.41, 5.74) is 7.95. The first-order valence-corrected chi connectivity index (χ1v) is 11.6. The van der Waals surface area contributed by atoms with Crippen LogP contribution in [0, 0.1) is 0 Å². The van der Waals surface area contributed by atoms with Crippen LogP contribution in [0.5, 0.6) is 0 Å². The molecule has 0 heterocycles. The first-order chi connectivity index (χ1) is 15.8. The Morgan fingerprint density at radius 2 is 1.03 bits per heavy atom. The number of quaternary nitrogens is 1. The Balaban J connectivity index is 1.35. The molecule has 1 unspecified atom stereocenters. The van der Waals surface area contributed by atoms with Crippen LogP contribution in [0.3, 0.4) is 0 Å². The van der Waals surface area contributed by atoms with E-state index in [2.05, 4.69) is 109 Å². The third-order valence-corrected chi connectivity index (χ3v) is 6.59. The minimum Gasteiger partial charge on any atom is -0.387 e. The lowest BCUT2D eigenvalue weighted by Gasteiger charge is -2.25. The molecule has 0 saturated heterocycles. The molecule has 1 aliphatic rings. The Hall–Kier alpha value is -3.20. The molecule has 160 valence electrons. The van der Waals surface area contributed by atoms with E-state index in [0.29, 0.717) is 0 Å². The molecular formula is C30H30NO+. The second-order valence-electron chi connectivity index (χ2n) is 8.90. The molecule has 0 saturated carbocycles. The third kappa shape index (κ3) is 4.52. The van der Waals surface area contributed by atoms with Crippen LogP contribution in [-0.2, 0) is 13.1 Å². The van der Waals surface area contributed by atoms with Crippen LogP contribution >= 0.6 is 0 Å². The maximum Gasteiger partial charge on any atom is 0.104 e. The molecule has 0 aliphatic heterocycles. The van der Waals surface area contributed by atoms with Gasteiger partial charge < -0.3 is 10.0 Å². The molecule has 0 spiro atoms. The molecule has 4 aromatic rings. The summed E-state index contributed by atoms with van der Waals surface area (Å²) in [4.78, 5) is 1.38. The molecule has 4 aromatic carbocycles. The minimum atomic E-state index is -0.373. The fraction of sp³-hybridized carbons (Fsp3) is 0.200. The van der Waals surface area contributed by atoms with Crippen LogP contribution in [-0.4, -0.2) is 17.8 Å². The van der Waals surface area contributed by atoms with Gasteiger partial charge in [-0.3, -0.25) is 0 Å². The molecule has 0 bridgehead atoms. The van der Waals surface area contributed by atoms with E-state index in [0.717, 1.165) is 26.1 Å². The van der Waals surface area contributed by atoms with Crippen molar-refractivity contribution in [3.05, 3.63) is 131 Å². The number of rotatable bonds is 8. The zero-order valence-electron chi connectivity index (χ0n) is 18.3. The van der Waals surface area contributed by atoms with E-state index < -0.39 is 0 Å². The average Bonchev–Trinajstić information content (AvgIpc) is 3.14. The standard InChI is InChI=1S/C30H29NO/c32-25(19-30-28-17-9-7-15-26(28)27-16-8-10-18-29(27)30)22-31(20-23-11-3-1-4-12-23)21-24-13-5-2-6-14-24/h1-18,25,30,32H,19-22H2/p+1. The Morgan fingerprint density at radius 1 is 0.594 bits per heavy atom. The lowest BCUT2D eigenvalue weighted by atomic mass is 9.91. The van der Waals surface area contributed by atoms with Crippen molar-refractivity contribution in [3.8, 4) is 11.1 Å². The highest BCUT2D eigenvalue weighted by Gasteiger charge is 2.30. The Kier molecular flexibility index (Phi) is 6.15. The molecule has 2 N–H and O–H groups in total. The summed E-state index contributed by atoms with van der Waals surface area (Å²) < 4.78 is 0. The molecule has 0 fully saturated rings. The largest absolute Gasteiger partial charge is 0.387 e. The summed E-state index contributed by atoms with van der Waals surface area (Å²) in [7, 11) is 0. The van der Waals surface area contributed by atoms with Crippen molar-refractivity contribution in [2.24, 2.45) is 0 Å². The molecular weight excluding hydrogens is 390 g/mol. The van der Waals surface area contributed by atoms with Gasteiger partial charge in [-0.2, -0.15) is 0 Å². The Bertz CT molecular complexity index is 1070.